The van der Waals surface area contributed by atoms with E-state index in [0.717, 1.165) is 28.0 Å². The molecule has 0 aliphatic heterocycles. The van der Waals surface area contributed by atoms with Crippen LogP contribution in [0.5, 0.6) is 0 Å². The highest BCUT2D eigenvalue weighted by molar-refractivity contribution is 8.01. The van der Waals surface area contributed by atoms with Gasteiger partial charge in [0.25, 0.3) is 11.4 Å². The molecule has 0 saturated carbocycles. The Hall–Kier alpha value is -2.52. The lowest BCUT2D eigenvalue weighted by molar-refractivity contribution is -0.396. The van der Waals surface area contributed by atoms with Crippen LogP contribution in [0, 0.1) is 20.2 Å². The third kappa shape index (κ3) is 2.76. The van der Waals surface area contributed by atoms with Crippen LogP contribution in [0.3, 0.4) is 0 Å². The summed E-state index contributed by atoms with van der Waals surface area (Å²) in [6, 6.07) is 11.1. The molecule has 3 rings (SSSR count). The molecule has 1 aromatic heterocycles. The van der Waals surface area contributed by atoms with Gasteiger partial charge in [0.2, 0.25) is 0 Å². The zero-order valence-corrected chi connectivity index (χ0v) is 12.5. The molecular formula is C13H7N3O4S2. The smallest absolute Gasteiger partial charge is 0.258 e. The molecule has 0 N–H and O–H groups in total. The van der Waals surface area contributed by atoms with Crippen LogP contribution in [0.25, 0.3) is 10.2 Å². The maximum Gasteiger partial charge on any atom is 0.290 e. The maximum atomic E-state index is 11.1. The van der Waals surface area contributed by atoms with E-state index in [1.54, 1.807) is 0 Å². The van der Waals surface area contributed by atoms with Gasteiger partial charge in [-0.3, -0.25) is 20.2 Å². The molecule has 0 unspecified atom stereocenters. The first-order chi connectivity index (χ1) is 10.5. The summed E-state index contributed by atoms with van der Waals surface area (Å²) in [5, 5.41) is 21.8. The molecule has 0 spiro atoms. The van der Waals surface area contributed by atoms with E-state index in [1.165, 1.54) is 23.5 Å². The minimum atomic E-state index is -0.654. The molecule has 1 heterocycles. The number of nitro groups is 2. The van der Waals surface area contributed by atoms with Gasteiger partial charge < -0.3 is 0 Å². The van der Waals surface area contributed by atoms with Crippen LogP contribution in [0.1, 0.15) is 0 Å². The van der Waals surface area contributed by atoms with Gasteiger partial charge in [0.05, 0.1) is 31.0 Å². The van der Waals surface area contributed by atoms with Crippen molar-refractivity contribution in [3.63, 3.8) is 0 Å². The molecule has 0 aliphatic carbocycles. The summed E-state index contributed by atoms with van der Waals surface area (Å²) < 4.78 is 1.63. The van der Waals surface area contributed by atoms with Crippen molar-refractivity contribution in [3.05, 3.63) is 62.7 Å². The van der Waals surface area contributed by atoms with Gasteiger partial charge in [-0.25, -0.2) is 4.98 Å². The van der Waals surface area contributed by atoms with Crippen LogP contribution in [0.15, 0.2) is 51.7 Å². The van der Waals surface area contributed by atoms with Gasteiger partial charge in [0.1, 0.15) is 0 Å². The first-order valence-electron chi connectivity index (χ1n) is 6.01. The molecular weight excluding hydrogens is 326 g/mol. The van der Waals surface area contributed by atoms with E-state index in [9.17, 15) is 20.2 Å². The average Bonchev–Trinajstić information content (AvgIpc) is 2.89. The first-order valence-corrected chi connectivity index (χ1v) is 7.64. The number of hydrogen-bond acceptors (Lipinski definition) is 7. The molecule has 0 radical (unpaired) electrons. The molecule has 7 nitrogen and oxygen atoms in total. The number of nitro benzene ring substituents is 2. The number of para-hydroxylation sites is 1. The van der Waals surface area contributed by atoms with Crippen molar-refractivity contribution in [2.45, 2.75) is 9.24 Å². The highest BCUT2D eigenvalue weighted by atomic mass is 32.2. The Morgan fingerprint density at radius 1 is 1.05 bits per heavy atom. The Labute approximate surface area is 131 Å². The number of fused-ring (bicyclic) bond motifs is 1. The zero-order valence-electron chi connectivity index (χ0n) is 10.8. The van der Waals surface area contributed by atoms with Crippen molar-refractivity contribution < 1.29 is 9.85 Å². The van der Waals surface area contributed by atoms with Gasteiger partial charge >= 0.3 is 0 Å². The van der Waals surface area contributed by atoms with E-state index in [-0.39, 0.29) is 11.4 Å². The third-order valence-corrected chi connectivity index (χ3v) is 4.98. The second-order valence-electron chi connectivity index (χ2n) is 4.22. The molecule has 0 atom stereocenters. The topological polar surface area (TPSA) is 99.2 Å². The minimum absolute atomic E-state index is 0.293. The van der Waals surface area contributed by atoms with E-state index in [2.05, 4.69) is 4.98 Å². The second-order valence-corrected chi connectivity index (χ2v) is 6.54. The van der Waals surface area contributed by atoms with E-state index in [0.29, 0.717) is 9.24 Å². The minimum Gasteiger partial charge on any atom is -0.258 e. The zero-order chi connectivity index (χ0) is 15.7. The second kappa shape index (κ2) is 5.70. The lowest BCUT2D eigenvalue weighted by Crippen LogP contribution is -1.94. The molecule has 0 amide bonds. The van der Waals surface area contributed by atoms with Crippen molar-refractivity contribution in [3.8, 4) is 0 Å². The summed E-state index contributed by atoms with van der Waals surface area (Å²) in [6.07, 6.45) is 0. The summed E-state index contributed by atoms with van der Waals surface area (Å²) in [6.45, 7) is 0. The Bertz CT molecular complexity index is 861. The van der Waals surface area contributed by atoms with Gasteiger partial charge in [0, 0.05) is 6.07 Å². The number of rotatable bonds is 4. The van der Waals surface area contributed by atoms with Crippen molar-refractivity contribution in [2.75, 3.05) is 0 Å². The third-order valence-electron chi connectivity index (χ3n) is 2.82. The van der Waals surface area contributed by atoms with Gasteiger partial charge in [-0.15, -0.1) is 11.3 Å². The molecule has 2 aromatic carbocycles. The summed E-state index contributed by atoms with van der Waals surface area (Å²) in [5.74, 6) is 0. The van der Waals surface area contributed by atoms with Crippen LogP contribution in [0.2, 0.25) is 0 Å². The lowest BCUT2D eigenvalue weighted by Gasteiger charge is -2.00. The number of thiazole rings is 1. The lowest BCUT2D eigenvalue weighted by atomic mass is 10.3. The van der Waals surface area contributed by atoms with Crippen LogP contribution in [-0.2, 0) is 0 Å². The predicted octanol–water partition coefficient (Wildman–Crippen LogP) is 4.26. The fraction of sp³-hybridized carbons (Fsp3) is 0. The van der Waals surface area contributed by atoms with Crippen molar-refractivity contribution >= 4 is 44.7 Å². The highest BCUT2D eigenvalue weighted by Gasteiger charge is 2.21. The number of hydrogen-bond donors (Lipinski definition) is 0. The normalized spacial score (nSPS) is 10.7. The Morgan fingerprint density at radius 2 is 1.82 bits per heavy atom. The standard InChI is InChI=1S/C13H7N3O4S2/c17-15(18)8-5-6-12(10(7-8)16(19)20)22-13-14-9-3-1-2-4-11(9)21-13/h1-7H. The number of non-ortho nitro benzene ring substituents is 1. The number of benzene rings is 2. The van der Waals surface area contributed by atoms with Crippen molar-refractivity contribution in [2.24, 2.45) is 0 Å². The quantitative estimate of drug-likeness (QED) is 0.522. The van der Waals surface area contributed by atoms with Crippen LogP contribution >= 0.6 is 23.1 Å². The van der Waals surface area contributed by atoms with Crippen LogP contribution in [-0.4, -0.2) is 14.8 Å². The molecule has 0 aliphatic rings. The predicted molar refractivity (Wildman–Crippen MR) is 83.5 cm³/mol. The maximum absolute atomic E-state index is 11.1. The van der Waals surface area contributed by atoms with Crippen molar-refractivity contribution in [1.29, 1.82) is 0 Å². The molecule has 0 bridgehead atoms. The van der Waals surface area contributed by atoms with Gasteiger partial charge in [-0.1, -0.05) is 23.9 Å². The van der Waals surface area contributed by atoms with Crippen molar-refractivity contribution in [1.82, 2.24) is 4.98 Å². The highest BCUT2D eigenvalue weighted by Crippen LogP contribution is 2.39. The SMILES string of the molecule is O=[N+]([O-])c1ccc(Sc2nc3ccccc3s2)c([N+](=O)[O-])c1. The summed E-state index contributed by atoms with van der Waals surface area (Å²) in [4.78, 5) is 25.3. The largest absolute Gasteiger partial charge is 0.290 e. The van der Waals surface area contributed by atoms with E-state index < -0.39 is 9.85 Å². The van der Waals surface area contributed by atoms with E-state index in [4.69, 9.17) is 0 Å². The summed E-state index contributed by atoms with van der Waals surface area (Å²) in [7, 11) is 0. The average molecular weight is 333 g/mol. The molecule has 0 saturated heterocycles. The first kappa shape index (κ1) is 14.4. The molecule has 22 heavy (non-hydrogen) atoms. The molecule has 9 heteroatoms. The fourth-order valence-corrected chi connectivity index (χ4v) is 3.95. The molecule has 0 fully saturated rings. The fourth-order valence-electron chi connectivity index (χ4n) is 1.84. The van der Waals surface area contributed by atoms with Crippen LogP contribution < -0.4 is 0 Å². The van der Waals surface area contributed by atoms with E-state index in [1.807, 2.05) is 24.3 Å². The van der Waals surface area contributed by atoms with Gasteiger partial charge in [-0.2, -0.15) is 0 Å². The molecule has 3 aromatic rings. The number of nitrogens with zero attached hydrogens (tertiary/aromatic N) is 3. The summed E-state index contributed by atoms with van der Waals surface area (Å²) in [5.41, 5.74) is 0.221. The van der Waals surface area contributed by atoms with Gasteiger partial charge in [0.15, 0.2) is 4.34 Å². The Balaban J connectivity index is 2.00. The monoisotopic (exact) mass is 333 g/mol. The van der Waals surface area contributed by atoms with Crippen LogP contribution in [0.4, 0.5) is 11.4 Å². The van der Waals surface area contributed by atoms with E-state index >= 15 is 0 Å². The van der Waals surface area contributed by atoms with Gasteiger partial charge in [-0.05, 0) is 18.2 Å². The molecule has 110 valence electrons. The Morgan fingerprint density at radius 3 is 2.50 bits per heavy atom. The number of aromatic nitrogens is 1. The summed E-state index contributed by atoms with van der Waals surface area (Å²) >= 11 is 2.55. The Kier molecular flexibility index (Phi) is 3.73.